The molecule has 1 amide bonds. The number of nitrogens with zero attached hydrogens (tertiary/aromatic N) is 1. The first-order valence-electron chi connectivity index (χ1n) is 7.16. The van der Waals surface area contributed by atoms with Crippen LogP contribution in [0.3, 0.4) is 0 Å². The molecule has 1 aromatic heterocycles. The van der Waals surface area contributed by atoms with Gasteiger partial charge in [0.15, 0.2) is 0 Å². The lowest BCUT2D eigenvalue weighted by molar-refractivity contribution is -0.121. The molecule has 2 aromatic rings. The largest absolute Gasteiger partial charge is 0.497 e. The van der Waals surface area contributed by atoms with E-state index in [4.69, 9.17) is 9.84 Å². The predicted octanol–water partition coefficient (Wildman–Crippen LogP) is 2.04. The van der Waals surface area contributed by atoms with E-state index in [2.05, 4.69) is 10.3 Å². The van der Waals surface area contributed by atoms with E-state index < -0.39 is 5.97 Å². The monoisotopic (exact) mass is 314 g/mol. The molecule has 1 aromatic carbocycles. The Morgan fingerprint density at radius 3 is 2.83 bits per heavy atom. The second-order valence-corrected chi connectivity index (χ2v) is 4.97. The van der Waals surface area contributed by atoms with Crippen LogP contribution in [0.1, 0.15) is 28.0 Å². The summed E-state index contributed by atoms with van der Waals surface area (Å²) in [4.78, 5) is 26.8. The highest BCUT2D eigenvalue weighted by Crippen LogP contribution is 2.13. The number of carbonyl (C=O) groups is 2. The Morgan fingerprint density at radius 1 is 1.26 bits per heavy atom. The molecule has 6 nitrogen and oxygen atoms in total. The SMILES string of the molecule is COc1cccc(CCC(=O)NCc2cc(C(=O)O)ccn2)c1. The summed E-state index contributed by atoms with van der Waals surface area (Å²) in [7, 11) is 1.60. The van der Waals surface area contributed by atoms with E-state index in [0.717, 1.165) is 11.3 Å². The Balaban J connectivity index is 1.83. The molecule has 6 heteroatoms. The van der Waals surface area contributed by atoms with E-state index in [1.807, 2.05) is 24.3 Å². The van der Waals surface area contributed by atoms with E-state index in [-0.39, 0.29) is 18.0 Å². The first-order valence-corrected chi connectivity index (χ1v) is 7.16. The van der Waals surface area contributed by atoms with Gasteiger partial charge in [0, 0.05) is 12.6 Å². The van der Waals surface area contributed by atoms with Crippen molar-refractivity contribution in [3.05, 3.63) is 59.4 Å². The molecule has 1 heterocycles. The normalized spacial score (nSPS) is 10.1. The number of hydrogen-bond donors (Lipinski definition) is 2. The van der Waals surface area contributed by atoms with Crippen LogP contribution in [0.4, 0.5) is 0 Å². The highest BCUT2D eigenvalue weighted by atomic mass is 16.5. The Kier molecular flexibility index (Phi) is 5.68. The molecule has 0 saturated heterocycles. The Bertz CT molecular complexity index is 700. The molecule has 2 rings (SSSR count). The summed E-state index contributed by atoms with van der Waals surface area (Å²) in [6.07, 6.45) is 2.36. The van der Waals surface area contributed by atoms with E-state index in [1.165, 1.54) is 18.3 Å². The Labute approximate surface area is 134 Å². The maximum absolute atomic E-state index is 11.9. The van der Waals surface area contributed by atoms with Gasteiger partial charge in [-0.3, -0.25) is 9.78 Å². The van der Waals surface area contributed by atoms with Gasteiger partial charge in [0.25, 0.3) is 0 Å². The van der Waals surface area contributed by atoms with Gasteiger partial charge in [0.05, 0.1) is 24.9 Å². The molecule has 0 radical (unpaired) electrons. The molecule has 0 atom stereocenters. The molecule has 0 aliphatic heterocycles. The number of carboxylic acids is 1. The smallest absolute Gasteiger partial charge is 0.335 e. The standard InChI is InChI=1S/C17H18N2O4/c1-23-15-4-2-3-12(9-15)5-6-16(20)19-11-14-10-13(17(21)22)7-8-18-14/h2-4,7-10H,5-6,11H2,1H3,(H,19,20)(H,21,22). The summed E-state index contributed by atoms with van der Waals surface area (Å²) in [5.74, 6) is -0.369. The Morgan fingerprint density at radius 2 is 2.09 bits per heavy atom. The quantitative estimate of drug-likeness (QED) is 0.816. The summed E-state index contributed by atoms with van der Waals surface area (Å²) < 4.78 is 5.14. The summed E-state index contributed by atoms with van der Waals surface area (Å²) in [5.41, 5.74) is 1.69. The van der Waals surface area contributed by atoms with Crippen LogP contribution in [0.25, 0.3) is 0 Å². The van der Waals surface area contributed by atoms with Crippen LogP contribution >= 0.6 is 0 Å². The van der Waals surface area contributed by atoms with Gasteiger partial charge in [-0.05, 0) is 36.2 Å². The van der Waals surface area contributed by atoms with E-state index in [1.54, 1.807) is 7.11 Å². The lowest BCUT2D eigenvalue weighted by Crippen LogP contribution is -2.23. The first kappa shape index (κ1) is 16.5. The maximum atomic E-state index is 11.9. The third-order valence-corrected chi connectivity index (χ3v) is 3.31. The van der Waals surface area contributed by atoms with Crippen LogP contribution in [-0.4, -0.2) is 29.1 Å². The number of amides is 1. The Hall–Kier alpha value is -2.89. The summed E-state index contributed by atoms with van der Waals surface area (Å²) in [6.45, 7) is 0.206. The molecule has 0 aliphatic carbocycles. The van der Waals surface area contributed by atoms with Crippen molar-refractivity contribution in [1.29, 1.82) is 0 Å². The van der Waals surface area contributed by atoms with Crippen molar-refractivity contribution < 1.29 is 19.4 Å². The fourth-order valence-corrected chi connectivity index (χ4v) is 2.07. The lowest BCUT2D eigenvalue weighted by Gasteiger charge is -2.06. The highest BCUT2D eigenvalue weighted by Gasteiger charge is 2.07. The number of pyridine rings is 1. The molecule has 0 unspecified atom stereocenters. The van der Waals surface area contributed by atoms with Gasteiger partial charge < -0.3 is 15.2 Å². The molecule has 0 bridgehead atoms. The van der Waals surface area contributed by atoms with Gasteiger partial charge >= 0.3 is 5.97 Å². The zero-order valence-corrected chi connectivity index (χ0v) is 12.8. The van der Waals surface area contributed by atoms with E-state index in [0.29, 0.717) is 18.5 Å². The van der Waals surface area contributed by atoms with Crippen molar-refractivity contribution in [3.8, 4) is 5.75 Å². The molecule has 0 aliphatic rings. The average Bonchev–Trinajstić information content (AvgIpc) is 2.58. The highest BCUT2D eigenvalue weighted by molar-refractivity contribution is 5.87. The minimum absolute atomic E-state index is 0.115. The van der Waals surface area contributed by atoms with Crippen molar-refractivity contribution in [1.82, 2.24) is 10.3 Å². The van der Waals surface area contributed by atoms with Crippen molar-refractivity contribution >= 4 is 11.9 Å². The zero-order valence-electron chi connectivity index (χ0n) is 12.8. The molecule has 120 valence electrons. The predicted molar refractivity (Wildman–Crippen MR) is 84.4 cm³/mol. The van der Waals surface area contributed by atoms with Gasteiger partial charge in [-0.2, -0.15) is 0 Å². The number of carbonyl (C=O) groups excluding carboxylic acids is 1. The number of carboxylic acid groups (broad SMARTS) is 1. The van der Waals surface area contributed by atoms with Crippen LogP contribution in [0.2, 0.25) is 0 Å². The molecule has 0 fully saturated rings. The third kappa shape index (κ3) is 5.10. The molecule has 2 N–H and O–H groups in total. The topological polar surface area (TPSA) is 88.5 Å². The van der Waals surface area contributed by atoms with Crippen molar-refractivity contribution in [2.75, 3.05) is 7.11 Å². The summed E-state index contributed by atoms with van der Waals surface area (Å²) >= 11 is 0. The van der Waals surface area contributed by atoms with Crippen LogP contribution in [0.15, 0.2) is 42.6 Å². The molecule has 23 heavy (non-hydrogen) atoms. The number of nitrogens with one attached hydrogen (secondary N) is 1. The number of aryl methyl sites for hydroxylation is 1. The lowest BCUT2D eigenvalue weighted by atomic mass is 10.1. The molecular weight excluding hydrogens is 296 g/mol. The third-order valence-electron chi connectivity index (χ3n) is 3.31. The van der Waals surface area contributed by atoms with Gasteiger partial charge in [0.1, 0.15) is 5.75 Å². The summed E-state index contributed by atoms with van der Waals surface area (Å²) in [6, 6.07) is 10.4. The van der Waals surface area contributed by atoms with E-state index >= 15 is 0 Å². The number of benzene rings is 1. The van der Waals surface area contributed by atoms with Gasteiger partial charge in [-0.15, -0.1) is 0 Å². The number of hydrogen-bond acceptors (Lipinski definition) is 4. The van der Waals surface area contributed by atoms with Gasteiger partial charge in [-0.25, -0.2) is 4.79 Å². The van der Waals surface area contributed by atoms with Crippen molar-refractivity contribution in [2.24, 2.45) is 0 Å². The van der Waals surface area contributed by atoms with Crippen LogP contribution < -0.4 is 10.1 Å². The van der Waals surface area contributed by atoms with Gasteiger partial charge in [0.2, 0.25) is 5.91 Å². The number of aromatic nitrogens is 1. The van der Waals surface area contributed by atoms with Crippen molar-refractivity contribution in [2.45, 2.75) is 19.4 Å². The minimum atomic E-state index is -1.02. The number of ether oxygens (including phenoxy) is 1. The average molecular weight is 314 g/mol. The molecule has 0 saturated carbocycles. The van der Waals surface area contributed by atoms with Crippen LogP contribution in [-0.2, 0) is 17.8 Å². The minimum Gasteiger partial charge on any atom is -0.497 e. The van der Waals surface area contributed by atoms with Crippen LogP contribution in [0, 0.1) is 0 Å². The second kappa shape index (κ2) is 7.93. The van der Waals surface area contributed by atoms with E-state index in [9.17, 15) is 9.59 Å². The first-order chi connectivity index (χ1) is 11.1. The maximum Gasteiger partial charge on any atom is 0.335 e. The zero-order chi connectivity index (χ0) is 16.7. The number of methoxy groups -OCH3 is 1. The fraction of sp³-hybridized carbons (Fsp3) is 0.235. The second-order valence-electron chi connectivity index (χ2n) is 4.97. The summed E-state index contributed by atoms with van der Waals surface area (Å²) in [5, 5.41) is 11.7. The fourth-order valence-electron chi connectivity index (χ4n) is 2.07. The molecule has 0 spiro atoms. The van der Waals surface area contributed by atoms with Crippen LogP contribution in [0.5, 0.6) is 5.75 Å². The molecular formula is C17H18N2O4. The number of aromatic carboxylic acids is 1. The van der Waals surface area contributed by atoms with Crippen molar-refractivity contribution in [3.63, 3.8) is 0 Å². The number of rotatable bonds is 7. The van der Waals surface area contributed by atoms with Gasteiger partial charge in [-0.1, -0.05) is 12.1 Å².